The topological polar surface area (TPSA) is 58.3 Å². The van der Waals surface area contributed by atoms with Gasteiger partial charge in [-0.2, -0.15) is 0 Å². The Labute approximate surface area is 112 Å². The van der Waals surface area contributed by atoms with Crippen molar-refractivity contribution in [2.75, 3.05) is 41.7 Å². The van der Waals surface area contributed by atoms with Gasteiger partial charge in [-0.25, -0.2) is 4.98 Å². The van der Waals surface area contributed by atoms with E-state index in [4.69, 9.17) is 5.73 Å². The highest BCUT2D eigenvalue weighted by molar-refractivity contribution is 5.63. The molecule has 2 N–H and O–H groups in total. The fraction of sp³-hybridized carbons (Fsp3) is 0.286. The van der Waals surface area contributed by atoms with Gasteiger partial charge in [0, 0.05) is 38.6 Å². The first-order valence-electron chi connectivity index (χ1n) is 6.45. The van der Waals surface area contributed by atoms with E-state index < -0.39 is 0 Å². The Morgan fingerprint density at radius 3 is 2.37 bits per heavy atom. The molecule has 3 heterocycles. The predicted octanol–water partition coefficient (Wildman–Crippen LogP) is 1.39. The Morgan fingerprint density at radius 2 is 1.68 bits per heavy atom. The van der Waals surface area contributed by atoms with E-state index in [1.165, 1.54) is 5.69 Å². The van der Waals surface area contributed by atoms with Crippen LogP contribution in [-0.2, 0) is 0 Å². The van der Waals surface area contributed by atoms with Crippen molar-refractivity contribution in [3.05, 3.63) is 42.9 Å². The minimum Gasteiger partial charge on any atom is -0.396 e. The lowest BCUT2D eigenvalue weighted by atomic mass is 10.2. The Kier molecular flexibility index (Phi) is 3.18. The lowest BCUT2D eigenvalue weighted by molar-refractivity contribution is 0.647. The Bertz CT molecular complexity index is 535. The van der Waals surface area contributed by atoms with Crippen LogP contribution in [0.25, 0.3) is 0 Å². The molecule has 5 nitrogen and oxygen atoms in total. The summed E-state index contributed by atoms with van der Waals surface area (Å²) in [6.07, 6.45) is 5.50. The van der Waals surface area contributed by atoms with Crippen molar-refractivity contribution in [3.63, 3.8) is 0 Å². The van der Waals surface area contributed by atoms with Crippen LogP contribution in [0.3, 0.4) is 0 Å². The first kappa shape index (κ1) is 11.8. The Morgan fingerprint density at radius 1 is 0.947 bits per heavy atom. The lowest BCUT2D eigenvalue weighted by Gasteiger charge is -2.36. The van der Waals surface area contributed by atoms with Gasteiger partial charge in [-0.15, -0.1) is 0 Å². The van der Waals surface area contributed by atoms with Gasteiger partial charge in [-0.1, -0.05) is 0 Å². The van der Waals surface area contributed by atoms with Gasteiger partial charge in [-0.3, -0.25) is 4.98 Å². The summed E-state index contributed by atoms with van der Waals surface area (Å²) in [5.74, 6) is 0.897. The molecule has 0 radical (unpaired) electrons. The zero-order valence-electron chi connectivity index (χ0n) is 10.7. The van der Waals surface area contributed by atoms with E-state index in [2.05, 4.69) is 25.8 Å². The van der Waals surface area contributed by atoms with Gasteiger partial charge >= 0.3 is 0 Å². The molecule has 0 amide bonds. The average Bonchev–Trinajstić information content (AvgIpc) is 2.49. The first-order valence-corrected chi connectivity index (χ1v) is 6.45. The number of piperazine rings is 1. The number of anilines is 3. The number of hydrogen-bond acceptors (Lipinski definition) is 5. The standard InChI is InChI=1S/C14H17N5/c15-13-4-2-6-17-14(13)19-9-7-18(8-10-19)12-3-1-5-16-11-12/h1-6,11H,7-10,15H2. The van der Waals surface area contributed by atoms with Gasteiger partial charge in [0.25, 0.3) is 0 Å². The molecule has 0 atom stereocenters. The maximum absolute atomic E-state index is 5.97. The van der Waals surface area contributed by atoms with E-state index in [0.29, 0.717) is 0 Å². The monoisotopic (exact) mass is 255 g/mol. The van der Waals surface area contributed by atoms with Crippen LogP contribution in [0, 0.1) is 0 Å². The zero-order valence-corrected chi connectivity index (χ0v) is 10.7. The normalized spacial score (nSPS) is 15.6. The molecule has 1 aliphatic rings. The van der Waals surface area contributed by atoms with Crippen molar-refractivity contribution in [1.29, 1.82) is 0 Å². The molecule has 0 bridgehead atoms. The maximum Gasteiger partial charge on any atom is 0.151 e. The van der Waals surface area contributed by atoms with Crippen LogP contribution in [0.15, 0.2) is 42.9 Å². The third kappa shape index (κ3) is 2.45. The molecule has 3 rings (SSSR count). The number of hydrogen-bond donors (Lipinski definition) is 1. The van der Waals surface area contributed by atoms with E-state index in [1.807, 2.05) is 24.4 Å². The molecule has 1 aliphatic heterocycles. The Hall–Kier alpha value is -2.30. The highest BCUT2D eigenvalue weighted by Crippen LogP contribution is 2.22. The third-order valence-corrected chi connectivity index (χ3v) is 3.41. The molecule has 19 heavy (non-hydrogen) atoms. The average molecular weight is 255 g/mol. The second-order valence-corrected chi connectivity index (χ2v) is 4.60. The number of nitrogens with two attached hydrogens (primary N) is 1. The fourth-order valence-electron chi connectivity index (χ4n) is 2.39. The van der Waals surface area contributed by atoms with E-state index in [-0.39, 0.29) is 0 Å². The summed E-state index contributed by atoms with van der Waals surface area (Å²) in [4.78, 5) is 13.1. The minimum absolute atomic E-state index is 0.748. The number of pyridine rings is 2. The number of rotatable bonds is 2. The van der Waals surface area contributed by atoms with Crippen LogP contribution in [0.2, 0.25) is 0 Å². The van der Waals surface area contributed by atoms with Crippen molar-refractivity contribution in [1.82, 2.24) is 9.97 Å². The highest BCUT2D eigenvalue weighted by atomic mass is 15.3. The lowest BCUT2D eigenvalue weighted by Crippen LogP contribution is -2.47. The van der Waals surface area contributed by atoms with Crippen molar-refractivity contribution in [2.45, 2.75) is 0 Å². The molecule has 98 valence electrons. The van der Waals surface area contributed by atoms with E-state index in [9.17, 15) is 0 Å². The quantitative estimate of drug-likeness (QED) is 0.878. The van der Waals surface area contributed by atoms with E-state index in [0.717, 1.165) is 37.7 Å². The molecule has 5 heteroatoms. The molecule has 2 aromatic heterocycles. The van der Waals surface area contributed by atoms with Gasteiger partial charge < -0.3 is 15.5 Å². The molecule has 2 aromatic rings. The zero-order chi connectivity index (χ0) is 13.1. The van der Waals surface area contributed by atoms with Crippen LogP contribution < -0.4 is 15.5 Å². The maximum atomic E-state index is 5.97. The number of nitrogen functional groups attached to an aromatic ring is 1. The first-order chi connectivity index (χ1) is 9.34. The third-order valence-electron chi connectivity index (χ3n) is 3.41. The molecule has 0 aromatic carbocycles. The summed E-state index contributed by atoms with van der Waals surface area (Å²) < 4.78 is 0. The van der Waals surface area contributed by atoms with E-state index in [1.54, 1.807) is 12.4 Å². The fourth-order valence-corrected chi connectivity index (χ4v) is 2.39. The molecule has 0 saturated carbocycles. The molecule has 1 saturated heterocycles. The summed E-state index contributed by atoms with van der Waals surface area (Å²) in [7, 11) is 0. The van der Waals surface area contributed by atoms with Crippen LogP contribution >= 0.6 is 0 Å². The van der Waals surface area contributed by atoms with Crippen molar-refractivity contribution in [3.8, 4) is 0 Å². The second kappa shape index (κ2) is 5.14. The number of aromatic nitrogens is 2. The van der Waals surface area contributed by atoms with Gasteiger partial charge in [-0.05, 0) is 24.3 Å². The second-order valence-electron chi connectivity index (χ2n) is 4.60. The summed E-state index contributed by atoms with van der Waals surface area (Å²) in [6, 6.07) is 7.83. The minimum atomic E-state index is 0.748. The van der Waals surface area contributed by atoms with Gasteiger partial charge in [0.05, 0.1) is 17.6 Å². The van der Waals surface area contributed by atoms with Crippen LogP contribution in [0.1, 0.15) is 0 Å². The van der Waals surface area contributed by atoms with Crippen molar-refractivity contribution in [2.24, 2.45) is 0 Å². The van der Waals surface area contributed by atoms with Gasteiger partial charge in [0.2, 0.25) is 0 Å². The summed E-state index contributed by atoms with van der Waals surface area (Å²) in [5.41, 5.74) is 7.89. The summed E-state index contributed by atoms with van der Waals surface area (Å²) in [5, 5.41) is 0. The molecule has 0 unspecified atom stereocenters. The highest BCUT2D eigenvalue weighted by Gasteiger charge is 2.19. The SMILES string of the molecule is Nc1cccnc1N1CCN(c2cccnc2)CC1. The summed E-state index contributed by atoms with van der Waals surface area (Å²) in [6.45, 7) is 3.77. The number of nitrogens with zero attached hydrogens (tertiary/aromatic N) is 4. The largest absolute Gasteiger partial charge is 0.396 e. The van der Waals surface area contributed by atoms with Crippen LogP contribution in [0.4, 0.5) is 17.2 Å². The smallest absolute Gasteiger partial charge is 0.151 e. The van der Waals surface area contributed by atoms with Crippen molar-refractivity contribution < 1.29 is 0 Å². The van der Waals surface area contributed by atoms with Crippen molar-refractivity contribution >= 4 is 17.2 Å². The molecule has 1 fully saturated rings. The van der Waals surface area contributed by atoms with Gasteiger partial charge in [0.15, 0.2) is 5.82 Å². The molecular formula is C14H17N5. The van der Waals surface area contributed by atoms with E-state index >= 15 is 0 Å². The predicted molar refractivity (Wildman–Crippen MR) is 77.3 cm³/mol. The molecular weight excluding hydrogens is 238 g/mol. The van der Waals surface area contributed by atoms with Crippen LogP contribution in [-0.4, -0.2) is 36.1 Å². The molecule has 0 spiro atoms. The molecule has 0 aliphatic carbocycles. The van der Waals surface area contributed by atoms with Gasteiger partial charge in [0.1, 0.15) is 0 Å². The Balaban J connectivity index is 1.69. The summed E-state index contributed by atoms with van der Waals surface area (Å²) >= 11 is 0. The van der Waals surface area contributed by atoms with Crippen LogP contribution in [0.5, 0.6) is 0 Å².